The van der Waals surface area contributed by atoms with Gasteiger partial charge in [0.2, 0.25) is 5.91 Å². The van der Waals surface area contributed by atoms with Crippen LogP contribution in [-0.4, -0.2) is 43.0 Å². The molecule has 0 aliphatic rings. The lowest BCUT2D eigenvalue weighted by Gasteiger charge is -2.25. The Bertz CT molecular complexity index is 500. The predicted molar refractivity (Wildman–Crippen MR) is 86.6 cm³/mol. The Hall–Kier alpha value is -1.88. The number of nitrogens with zero attached hydrogens (tertiary/aromatic N) is 1. The van der Waals surface area contributed by atoms with Crippen LogP contribution in [0, 0.1) is 0 Å². The molecule has 2 amide bonds. The fourth-order valence-electron chi connectivity index (χ4n) is 2.30. The number of nitrogens with one attached hydrogen (secondary N) is 1. The molecule has 1 aromatic carbocycles. The molecule has 0 spiro atoms. The van der Waals surface area contributed by atoms with E-state index in [1.54, 1.807) is 25.0 Å². The molecule has 22 heavy (non-hydrogen) atoms. The monoisotopic (exact) mass is 306 g/mol. The van der Waals surface area contributed by atoms with E-state index in [1.165, 1.54) is 0 Å². The van der Waals surface area contributed by atoms with Gasteiger partial charge in [0.15, 0.2) is 0 Å². The number of benzene rings is 1. The molecule has 1 N–H and O–H groups in total. The summed E-state index contributed by atoms with van der Waals surface area (Å²) in [6, 6.07) is 7.56. The first-order valence-electron chi connectivity index (χ1n) is 7.59. The van der Waals surface area contributed by atoms with Crippen molar-refractivity contribution in [2.75, 3.05) is 20.2 Å². The molecule has 0 bridgehead atoms. The fraction of sp³-hybridized carbons (Fsp3) is 0.529. The lowest BCUT2D eigenvalue weighted by molar-refractivity contribution is -0.130. The molecule has 0 saturated carbocycles. The van der Waals surface area contributed by atoms with E-state index in [-0.39, 0.29) is 17.9 Å². The Kier molecular flexibility index (Phi) is 7.60. The highest BCUT2D eigenvalue weighted by molar-refractivity contribution is 5.94. The highest BCUT2D eigenvalue weighted by Gasteiger charge is 2.12. The van der Waals surface area contributed by atoms with Crippen molar-refractivity contribution in [2.24, 2.45) is 0 Å². The molecule has 0 unspecified atom stereocenters. The van der Waals surface area contributed by atoms with Crippen molar-refractivity contribution in [3.8, 4) is 0 Å². The van der Waals surface area contributed by atoms with Crippen molar-refractivity contribution in [1.29, 1.82) is 0 Å². The van der Waals surface area contributed by atoms with E-state index in [9.17, 15) is 9.59 Å². The molecule has 0 aliphatic carbocycles. The summed E-state index contributed by atoms with van der Waals surface area (Å²) in [5.74, 6) is -0.0366. The van der Waals surface area contributed by atoms with Crippen molar-refractivity contribution in [1.82, 2.24) is 10.2 Å². The zero-order valence-corrected chi connectivity index (χ0v) is 13.9. The van der Waals surface area contributed by atoms with Gasteiger partial charge in [-0.2, -0.15) is 0 Å². The molecule has 0 radical (unpaired) electrons. The molecule has 122 valence electrons. The minimum absolute atomic E-state index is 0.0635. The number of carbonyl (C=O) groups excluding carboxylic acids is 2. The first-order chi connectivity index (χ1) is 10.5. The van der Waals surface area contributed by atoms with Gasteiger partial charge >= 0.3 is 0 Å². The number of hydrogen-bond acceptors (Lipinski definition) is 3. The van der Waals surface area contributed by atoms with E-state index < -0.39 is 0 Å². The molecule has 0 aliphatic heterocycles. The smallest absolute Gasteiger partial charge is 0.251 e. The second kappa shape index (κ2) is 9.20. The summed E-state index contributed by atoms with van der Waals surface area (Å²) < 4.78 is 5.06. The number of carbonyl (C=O) groups is 2. The van der Waals surface area contributed by atoms with E-state index in [0.29, 0.717) is 25.3 Å². The maximum Gasteiger partial charge on any atom is 0.251 e. The SMILES string of the molecule is COCc1cccc(C(=O)NCCCN(C(C)=O)C(C)C)c1. The van der Waals surface area contributed by atoms with Gasteiger partial charge in [0.1, 0.15) is 0 Å². The average molecular weight is 306 g/mol. The van der Waals surface area contributed by atoms with E-state index in [2.05, 4.69) is 5.32 Å². The molecule has 0 aromatic heterocycles. The van der Waals surface area contributed by atoms with Crippen LogP contribution in [0.2, 0.25) is 0 Å². The summed E-state index contributed by atoms with van der Waals surface area (Å²) in [4.78, 5) is 25.3. The van der Waals surface area contributed by atoms with E-state index in [1.807, 2.05) is 32.0 Å². The minimum Gasteiger partial charge on any atom is -0.380 e. The number of amides is 2. The third kappa shape index (κ3) is 5.85. The van der Waals surface area contributed by atoms with Gasteiger partial charge in [-0.1, -0.05) is 12.1 Å². The van der Waals surface area contributed by atoms with Gasteiger partial charge in [0, 0.05) is 38.7 Å². The molecule has 5 heteroatoms. The number of hydrogen-bond donors (Lipinski definition) is 1. The van der Waals surface area contributed by atoms with Crippen LogP contribution in [0.15, 0.2) is 24.3 Å². The normalized spacial score (nSPS) is 10.6. The second-order valence-corrected chi connectivity index (χ2v) is 5.55. The second-order valence-electron chi connectivity index (χ2n) is 5.55. The summed E-state index contributed by atoms with van der Waals surface area (Å²) in [6.45, 7) is 7.23. The first-order valence-corrected chi connectivity index (χ1v) is 7.59. The van der Waals surface area contributed by atoms with Gasteiger partial charge < -0.3 is 15.0 Å². The molecular formula is C17H26N2O3. The highest BCUT2D eigenvalue weighted by atomic mass is 16.5. The molecule has 0 atom stereocenters. The average Bonchev–Trinajstić information content (AvgIpc) is 2.46. The summed E-state index contributed by atoms with van der Waals surface area (Å²) in [5, 5.41) is 2.88. The van der Waals surface area contributed by atoms with Crippen LogP contribution in [0.25, 0.3) is 0 Å². The molecule has 0 heterocycles. The molecule has 1 rings (SSSR count). The summed E-state index contributed by atoms with van der Waals surface area (Å²) in [5.41, 5.74) is 1.60. The minimum atomic E-state index is -0.100. The predicted octanol–water partition coefficient (Wildman–Crippen LogP) is 2.21. The molecular weight excluding hydrogens is 280 g/mol. The summed E-state index contributed by atoms with van der Waals surface area (Å²) >= 11 is 0. The van der Waals surface area contributed by atoms with Crippen molar-refractivity contribution in [3.63, 3.8) is 0 Å². The fourth-order valence-corrected chi connectivity index (χ4v) is 2.30. The van der Waals surface area contributed by atoms with Crippen molar-refractivity contribution < 1.29 is 14.3 Å². The molecule has 1 aromatic rings. The maximum absolute atomic E-state index is 12.1. The quantitative estimate of drug-likeness (QED) is 0.749. The zero-order valence-electron chi connectivity index (χ0n) is 13.9. The lowest BCUT2D eigenvalue weighted by Crippen LogP contribution is -2.37. The highest BCUT2D eigenvalue weighted by Crippen LogP contribution is 2.06. The zero-order chi connectivity index (χ0) is 16.5. The van der Waals surface area contributed by atoms with Gasteiger partial charge in [0.25, 0.3) is 5.91 Å². The largest absolute Gasteiger partial charge is 0.380 e. The molecule has 5 nitrogen and oxygen atoms in total. The van der Waals surface area contributed by atoms with Crippen molar-refractivity contribution >= 4 is 11.8 Å². The third-order valence-corrected chi connectivity index (χ3v) is 3.39. The van der Waals surface area contributed by atoms with Crippen LogP contribution in [0.3, 0.4) is 0 Å². The van der Waals surface area contributed by atoms with Crippen LogP contribution >= 0.6 is 0 Å². The number of ether oxygens (including phenoxy) is 1. The van der Waals surface area contributed by atoms with Gasteiger partial charge in [-0.05, 0) is 38.0 Å². The van der Waals surface area contributed by atoms with E-state index in [4.69, 9.17) is 4.74 Å². The summed E-state index contributed by atoms with van der Waals surface area (Å²) in [6.07, 6.45) is 0.737. The van der Waals surface area contributed by atoms with Crippen molar-refractivity contribution in [3.05, 3.63) is 35.4 Å². The molecule has 0 saturated heterocycles. The lowest BCUT2D eigenvalue weighted by atomic mass is 10.1. The van der Waals surface area contributed by atoms with E-state index in [0.717, 1.165) is 12.0 Å². The van der Waals surface area contributed by atoms with Crippen LogP contribution in [-0.2, 0) is 16.1 Å². The van der Waals surface area contributed by atoms with Crippen LogP contribution in [0.5, 0.6) is 0 Å². The topological polar surface area (TPSA) is 58.6 Å². The Morgan fingerprint density at radius 2 is 2.05 bits per heavy atom. The Labute approximate surface area is 132 Å². The Morgan fingerprint density at radius 1 is 1.32 bits per heavy atom. The third-order valence-electron chi connectivity index (χ3n) is 3.39. The Balaban J connectivity index is 2.43. The molecule has 0 fully saturated rings. The maximum atomic E-state index is 12.1. The van der Waals surface area contributed by atoms with Crippen molar-refractivity contribution in [2.45, 2.75) is 39.8 Å². The van der Waals surface area contributed by atoms with Crippen LogP contribution in [0.4, 0.5) is 0 Å². The Morgan fingerprint density at radius 3 is 2.64 bits per heavy atom. The summed E-state index contributed by atoms with van der Waals surface area (Å²) in [7, 11) is 1.63. The number of rotatable bonds is 8. The van der Waals surface area contributed by atoms with Gasteiger partial charge in [-0.25, -0.2) is 0 Å². The van der Waals surface area contributed by atoms with Gasteiger partial charge in [0.05, 0.1) is 6.61 Å². The first kappa shape index (κ1) is 18.2. The van der Waals surface area contributed by atoms with Crippen LogP contribution in [0.1, 0.15) is 43.1 Å². The van der Waals surface area contributed by atoms with E-state index >= 15 is 0 Å². The standard InChI is InChI=1S/C17H26N2O3/c1-13(2)19(14(3)20)10-6-9-18-17(21)16-8-5-7-15(11-16)12-22-4/h5,7-8,11,13H,6,9-10,12H2,1-4H3,(H,18,21). The van der Waals surface area contributed by atoms with Gasteiger partial charge in [-0.15, -0.1) is 0 Å². The van der Waals surface area contributed by atoms with Crippen LogP contribution < -0.4 is 5.32 Å². The van der Waals surface area contributed by atoms with Gasteiger partial charge in [-0.3, -0.25) is 9.59 Å². The number of methoxy groups -OCH3 is 1.